The van der Waals surface area contributed by atoms with Crippen molar-refractivity contribution >= 4 is 18.0 Å². The van der Waals surface area contributed by atoms with Crippen LogP contribution in [0.25, 0.3) is 6.08 Å². The number of amides is 3. The van der Waals surface area contributed by atoms with E-state index in [0.29, 0.717) is 5.75 Å². The van der Waals surface area contributed by atoms with Crippen molar-refractivity contribution in [3.63, 3.8) is 0 Å². The maximum absolute atomic E-state index is 13.1. The first kappa shape index (κ1) is 15.7. The number of ether oxygens (including phenoxy) is 1. The molecule has 0 unspecified atom stereocenters. The van der Waals surface area contributed by atoms with Crippen LogP contribution in [-0.4, -0.2) is 23.9 Å². The van der Waals surface area contributed by atoms with Gasteiger partial charge in [-0.05, 0) is 41.5 Å². The fourth-order valence-electron chi connectivity index (χ4n) is 2.24. The first-order valence-corrected chi connectivity index (χ1v) is 7.31. The van der Waals surface area contributed by atoms with Crippen LogP contribution in [0.1, 0.15) is 11.1 Å². The van der Waals surface area contributed by atoms with E-state index in [1.807, 2.05) is 0 Å². The van der Waals surface area contributed by atoms with Crippen LogP contribution in [0.3, 0.4) is 0 Å². The summed E-state index contributed by atoms with van der Waals surface area (Å²) in [6.07, 6.45) is 1.60. The summed E-state index contributed by atoms with van der Waals surface area (Å²) in [6, 6.07) is 12.8. The molecule has 2 aromatic rings. The zero-order chi connectivity index (χ0) is 17.1. The van der Waals surface area contributed by atoms with Crippen molar-refractivity contribution in [1.82, 2.24) is 10.2 Å². The molecular formula is C18H15FN2O3. The summed E-state index contributed by atoms with van der Waals surface area (Å²) in [7, 11) is 1.42. The molecule has 0 bridgehead atoms. The molecule has 3 amide bonds. The van der Waals surface area contributed by atoms with Crippen molar-refractivity contribution in [3.05, 3.63) is 71.2 Å². The Kier molecular flexibility index (Phi) is 4.29. The number of carbonyl (C=O) groups excluding carboxylic acids is 2. The highest BCUT2D eigenvalue weighted by molar-refractivity contribution is 6.13. The Morgan fingerprint density at radius 1 is 1.17 bits per heavy atom. The maximum atomic E-state index is 13.1. The minimum atomic E-state index is -0.443. The van der Waals surface area contributed by atoms with Gasteiger partial charge in [-0.25, -0.2) is 9.18 Å². The zero-order valence-corrected chi connectivity index (χ0v) is 13.0. The van der Waals surface area contributed by atoms with E-state index in [-0.39, 0.29) is 24.0 Å². The van der Waals surface area contributed by atoms with E-state index < -0.39 is 6.03 Å². The van der Waals surface area contributed by atoms with Crippen molar-refractivity contribution in [1.29, 1.82) is 0 Å². The van der Waals surface area contributed by atoms with Crippen molar-refractivity contribution in [2.45, 2.75) is 6.61 Å². The standard InChI is InChI=1S/C18H15FN2O3/c1-21-17(22)16(20-18(21)23)10-12-5-7-15(8-6-12)24-11-13-3-2-4-14(19)9-13/h2-10H,11H2,1H3,(H,20,23)/b16-10+. The van der Waals surface area contributed by atoms with E-state index in [4.69, 9.17) is 4.74 Å². The molecule has 0 aromatic heterocycles. The number of benzene rings is 2. The molecular weight excluding hydrogens is 311 g/mol. The lowest BCUT2D eigenvalue weighted by molar-refractivity contribution is -0.121. The highest BCUT2D eigenvalue weighted by atomic mass is 19.1. The molecule has 1 saturated heterocycles. The summed E-state index contributed by atoms with van der Waals surface area (Å²) < 4.78 is 18.7. The van der Waals surface area contributed by atoms with Crippen molar-refractivity contribution in [3.8, 4) is 5.75 Å². The first-order chi connectivity index (χ1) is 11.5. The summed E-state index contributed by atoms with van der Waals surface area (Å²) in [5, 5.41) is 2.50. The Balaban J connectivity index is 1.65. The smallest absolute Gasteiger partial charge is 0.328 e. The molecule has 0 aliphatic carbocycles. The Morgan fingerprint density at radius 2 is 1.92 bits per heavy atom. The van der Waals surface area contributed by atoms with Crippen LogP contribution < -0.4 is 10.1 Å². The van der Waals surface area contributed by atoms with Crippen LogP contribution in [-0.2, 0) is 11.4 Å². The Morgan fingerprint density at radius 3 is 2.54 bits per heavy atom. The van der Waals surface area contributed by atoms with E-state index in [1.165, 1.54) is 19.2 Å². The molecule has 1 fully saturated rings. The van der Waals surface area contributed by atoms with Gasteiger partial charge in [0, 0.05) is 7.05 Å². The van der Waals surface area contributed by atoms with E-state index in [0.717, 1.165) is 16.0 Å². The molecule has 1 N–H and O–H groups in total. The Bertz CT molecular complexity index is 815. The SMILES string of the molecule is CN1C(=O)N/C(=C/c2ccc(OCc3cccc(F)c3)cc2)C1=O. The fraction of sp³-hybridized carbons (Fsp3) is 0.111. The van der Waals surface area contributed by atoms with Gasteiger partial charge in [-0.3, -0.25) is 9.69 Å². The number of rotatable bonds is 4. The van der Waals surface area contributed by atoms with Crippen LogP contribution in [0.4, 0.5) is 9.18 Å². The molecule has 0 atom stereocenters. The fourth-order valence-corrected chi connectivity index (χ4v) is 2.24. The number of likely N-dealkylation sites (N-methyl/N-ethyl adjacent to an activating group) is 1. The summed E-state index contributed by atoms with van der Waals surface area (Å²) in [5.74, 6) is -0.0435. The second-order valence-electron chi connectivity index (χ2n) is 5.34. The van der Waals surface area contributed by atoms with Gasteiger partial charge in [0.15, 0.2) is 0 Å². The number of imide groups is 1. The largest absolute Gasteiger partial charge is 0.489 e. The third-order valence-electron chi connectivity index (χ3n) is 3.57. The lowest BCUT2D eigenvalue weighted by atomic mass is 10.2. The highest BCUT2D eigenvalue weighted by Gasteiger charge is 2.29. The van der Waals surface area contributed by atoms with Crippen molar-refractivity contribution in [2.24, 2.45) is 0 Å². The van der Waals surface area contributed by atoms with Gasteiger partial charge < -0.3 is 10.1 Å². The third kappa shape index (κ3) is 3.43. The molecule has 1 heterocycles. The second kappa shape index (κ2) is 6.54. The molecule has 3 rings (SSSR count). The van der Waals surface area contributed by atoms with Crippen LogP contribution in [0.15, 0.2) is 54.2 Å². The van der Waals surface area contributed by atoms with E-state index in [1.54, 1.807) is 42.5 Å². The van der Waals surface area contributed by atoms with Gasteiger partial charge in [0.05, 0.1) is 0 Å². The monoisotopic (exact) mass is 326 g/mol. The molecule has 0 spiro atoms. The zero-order valence-electron chi connectivity index (χ0n) is 13.0. The van der Waals surface area contributed by atoms with Crippen molar-refractivity contribution < 1.29 is 18.7 Å². The van der Waals surface area contributed by atoms with Gasteiger partial charge in [-0.15, -0.1) is 0 Å². The van der Waals surface area contributed by atoms with Crippen molar-refractivity contribution in [2.75, 3.05) is 7.05 Å². The Hall–Kier alpha value is -3.15. The molecule has 2 aromatic carbocycles. The molecule has 24 heavy (non-hydrogen) atoms. The van der Waals surface area contributed by atoms with Gasteiger partial charge >= 0.3 is 6.03 Å². The average molecular weight is 326 g/mol. The van der Waals surface area contributed by atoms with E-state index in [2.05, 4.69) is 5.32 Å². The van der Waals surface area contributed by atoms with Gasteiger partial charge in [0.1, 0.15) is 23.9 Å². The quantitative estimate of drug-likeness (QED) is 0.694. The molecule has 122 valence electrons. The minimum absolute atomic E-state index is 0.232. The van der Waals surface area contributed by atoms with Gasteiger partial charge in [0.25, 0.3) is 5.91 Å². The number of carbonyl (C=O) groups is 2. The molecule has 1 aliphatic heterocycles. The normalized spacial score (nSPS) is 15.8. The average Bonchev–Trinajstić information content (AvgIpc) is 2.81. The molecule has 6 heteroatoms. The van der Waals surface area contributed by atoms with Gasteiger partial charge in [-0.2, -0.15) is 0 Å². The second-order valence-corrected chi connectivity index (χ2v) is 5.34. The molecule has 0 radical (unpaired) electrons. The number of hydrogen-bond donors (Lipinski definition) is 1. The number of nitrogens with one attached hydrogen (secondary N) is 1. The van der Waals surface area contributed by atoms with Crippen LogP contribution in [0.2, 0.25) is 0 Å². The van der Waals surface area contributed by atoms with Gasteiger partial charge in [0.2, 0.25) is 0 Å². The number of nitrogens with zero attached hydrogens (tertiary/aromatic N) is 1. The predicted molar refractivity (Wildman–Crippen MR) is 86.5 cm³/mol. The molecule has 0 saturated carbocycles. The highest BCUT2D eigenvalue weighted by Crippen LogP contribution is 2.18. The molecule has 1 aliphatic rings. The topological polar surface area (TPSA) is 58.6 Å². The summed E-state index contributed by atoms with van der Waals surface area (Å²) in [4.78, 5) is 24.2. The van der Waals surface area contributed by atoms with Crippen LogP contribution >= 0.6 is 0 Å². The van der Waals surface area contributed by atoms with Crippen LogP contribution in [0, 0.1) is 5.82 Å². The summed E-state index contributed by atoms with van der Waals surface area (Å²) in [5.41, 5.74) is 1.73. The summed E-state index contributed by atoms with van der Waals surface area (Å²) in [6.45, 7) is 0.261. The third-order valence-corrected chi connectivity index (χ3v) is 3.57. The number of hydrogen-bond acceptors (Lipinski definition) is 3. The number of urea groups is 1. The first-order valence-electron chi connectivity index (χ1n) is 7.31. The minimum Gasteiger partial charge on any atom is -0.489 e. The Labute approximate surface area is 138 Å². The van der Waals surface area contributed by atoms with Gasteiger partial charge in [-0.1, -0.05) is 24.3 Å². The van der Waals surface area contributed by atoms with E-state index >= 15 is 0 Å². The summed E-state index contributed by atoms with van der Waals surface area (Å²) >= 11 is 0. The maximum Gasteiger partial charge on any atom is 0.328 e. The van der Waals surface area contributed by atoms with E-state index in [9.17, 15) is 14.0 Å². The van der Waals surface area contributed by atoms with Crippen LogP contribution in [0.5, 0.6) is 5.75 Å². The predicted octanol–water partition coefficient (Wildman–Crippen LogP) is 2.93. The lowest BCUT2D eigenvalue weighted by Gasteiger charge is -2.07. The number of halogens is 1. The molecule has 5 nitrogen and oxygen atoms in total. The lowest BCUT2D eigenvalue weighted by Crippen LogP contribution is -2.25.